The third-order valence-electron chi connectivity index (χ3n) is 3.53. The first kappa shape index (κ1) is 28.9. The average molecular weight is 393 g/mol. The minimum absolute atomic E-state index is 0.718. The van der Waals surface area contributed by atoms with E-state index in [2.05, 4.69) is 76.0 Å². The monoisotopic (exact) mass is 392 g/mol. The molecule has 0 N–H and O–H groups in total. The molecule has 0 aliphatic rings. The molecular weight excluding hydrogens is 344 g/mol. The first-order chi connectivity index (χ1) is 12.8. The van der Waals surface area contributed by atoms with Crippen LogP contribution in [-0.2, 0) is 14.2 Å². The van der Waals surface area contributed by atoms with Crippen molar-refractivity contribution in [3.8, 4) is 0 Å². The second-order valence-electron chi connectivity index (χ2n) is 7.76. The molecule has 0 aliphatic carbocycles. The zero-order chi connectivity index (χ0) is 20.9. The Balaban J connectivity index is 0. The van der Waals surface area contributed by atoms with Crippen molar-refractivity contribution in [1.29, 1.82) is 0 Å². The molecule has 0 aromatic rings. The summed E-state index contributed by atoms with van der Waals surface area (Å²) in [5.74, 6) is 0. The molecule has 166 valence electrons. The molecular formula is C20H48N4O3. The smallest absolute Gasteiger partial charge is 0.0700 e. The highest BCUT2D eigenvalue weighted by Crippen LogP contribution is 1.88. The fourth-order valence-corrected chi connectivity index (χ4v) is 1.88. The fourth-order valence-electron chi connectivity index (χ4n) is 1.88. The molecule has 7 heteroatoms. The third-order valence-corrected chi connectivity index (χ3v) is 3.53. The molecule has 0 fully saturated rings. The van der Waals surface area contributed by atoms with Crippen molar-refractivity contribution in [2.75, 3.05) is 122 Å². The molecule has 0 atom stereocenters. The Morgan fingerprint density at radius 1 is 0.370 bits per heavy atom. The maximum atomic E-state index is 5.45. The molecule has 0 bridgehead atoms. The summed E-state index contributed by atoms with van der Waals surface area (Å²) in [7, 11) is 16.5. The van der Waals surface area contributed by atoms with Crippen LogP contribution in [0, 0.1) is 0 Å². The van der Waals surface area contributed by atoms with Crippen molar-refractivity contribution in [2.24, 2.45) is 0 Å². The quantitative estimate of drug-likeness (QED) is 0.343. The van der Waals surface area contributed by atoms with Crippen LogP contribution in [0.15, 0.2) is 0 Å². The molecule has 0 aromatic carbocycles. The summed E-state index contributed by atoms with van der Waals surface area (Å²) in [5.41, 5.74) is 0. The summed E-state index contributed by atoms with van der Waals surface area (Å²) in [5, 5.41) is 0. The minimum Gasteiger partial charge on any atom is -0.379 e. The number of nitrogens with zero attached hydrogens (tertiary/aromatic N) is 4. The van der Waals surface area contributed by atoms with Gasteiger partial charge in [0, 0.05) is 26.3 Å². The van der Waals surface area contributed by atoms with E-state index >= 15 is 0 Å². The summed E-state index contributed by atoms with van der Waals surface area (Å²) >= 11 is 0. The highest BCUT2D eigenvalue weighted by atomic mass is 16.5. The third kappa shape index (κ3) is 33.7. The van der Waals surface area contributed by atoms with Gasteiger partial charge in [-0.2, -0.15) is 0 Å². The second kappa shape index (κ2) is 22.0. The number of ether oxygens (including phenoxy) is 3. The van der Waals surface area contributed by atoms with Crippen molar-refractivity contribution >= 4 is 0 Å². The van der Waals surface area contributed by atoms with Crippen molar-refractivity contribution in [2.45, 2.75) is 12.8 Å². The van der Waals surface area contributed by atoms with Crippen LogP contribution in [0.4, 0.5) is 0 Å². The number of rotatable bonds is 17. The summed E-state index contributed by atoms with van der Waals surface area (Å²) in [6.07, 6.45) is 2.18. The van der Waals surface area contributed by atoms with Crippen LogP contribution in [0.2, 0.25) is 0 Å². The Morgan fingerprint density at radius 3 is 0.963 bits per heavy atom. The van der Waals surface area contributed by atoms with Crippen LogP contribution >= 0.6 is 0 Å². The van der Waals surface area contributed by atoms with Crippen LogP contribution in [0.5, 0.6) is 0 Å². The molecule has 7 nitrogen and oxygen atoms in total. The minimum atomic E-state index is 0.718. The van der Waals surface area contributed by atoms with Gasteiger partial charge >= 0.3 is 0 Å². The molecule has 0 amide bonds. The lowest BCUT2D eigenvalue weighted by Crippen LogP contribution is -2.22. The predicted molar refractivity (Wildman–Crippen MR) is 116 cm³/mol. The summed E-state index contributed by atoms with van der Waals surface area (Å²) < 4.78 is 16.3. The number of hydrogen-bond donors (Lipinski definition) is 0. The van der Waals surface area contributed by atoms with Gasteiger partial charge in [0.2, 0.25) is 0 Å². The Morgan fingerprint density at radius 2 is 0.667 bits per heavy atom. The maximum absolute atomic E-state index is 5.45. The predicted octanol–water partition coefficient (Wildman–Crippen LogP) is 1.05. The SMILES string of the molecule is CN(C)CCCOCCOCCCN(C)C.CN(C)CCOCCN(C)C. The maximum Gasteiger partial charge on any atom is 0.0700 e. The first-order valence-electron chi connectivity index (χ1n) is 10.1. The molecule has 0 unspecified atom stereocenters. The Hall–Kier alpha value is -0.280. The van der Waals surface area contributed by atoms with Gasteiger partial charge in [0.05, 0.1) is 26.4 Å². The Bertz CT molecular complexity index is 252. The zero-order valence-corrected chi connectivity index (χ0v) is 19.5. The number of hydrogen-bond acceptors (Lipinski definition) is 7. The van der Waals surface area contributed by atoms with E-state index in [0.29, 0.717) is 0 Å². The van der Waals surface area contributed by atoms with Crippen LogP contribution in [0.3, 0.4) is 0 Å². The van der Waals surface area contributed by atoms with Crippen molar-refractivity contribution < 1.29 is 14.2 Å². The van der Waals surface area contributed by atoms with E-state index in [1.54, 1.807) is 0 Å². The molecule has 0 saturated heterocycles. The lowest BCUT2D eigenvalue weighted by molar-refractivity contribution is 0.0430. The molecule has 0 aliphatic heterocycles. The van der Waals surface area contributed by atoms with E-state index in [9.17, 15) is 0 Å². The van der Waals surface area contributed by atoms with Gasteiger partial charge in [-0.3, -0.25) is 0 Å². The lowest BCUT2D eigenvalue weighted by Gasteiger charge is -2.12. The number of likely N-dealkylation sites (N-methyl/N-ethyl adjacent to an activating group) is 2. The van der Waals surface area contributed by atoms with Gasteiger partial charge in [-0.15, -0.1) is 0 Å². The molecule has 0 saturated carbocycles. The fraction of sp³-hybridized carbons (Fsp3) is 1.00. The Labute approximate surface area is 169 Å². The van der Waals surface area contributed by atoms with E-state index in [1.807, 2.05) is 0 Å². The van der Waals surface area contributed by atoms with Gasteiger partial charge in [-0.25, -0.2) is 0 Å². The highest BCUT2D eigenvalue weighted by Gasteiger charge is 1.94. The van der Waals surface area contributed by atoms with E-state index in [4.69, 9.17) is 14.2 Å². The van der Waals surface area contributed by atoms with Crippen LogP contribution in [-0.4, -0.2) is 142 Å². The lowest BCUT2D eigenvalue weighted by atomic mass is 10.4. The van der Waals surface area contributed by atoms with Gasteiger partial charge in [0.25, 0.3) is 0 Å². The largest absolute Gasteiger partial charge is 0.379 e. The molecule has 0 rings (SSSR count). The van der Waals surface area contributed by atoms with Gasteiger partial charge in [0.15, 0.2) is 0 Å². The highest BCUT2D eigenvalue weighted by molar-refractivity contribution is 4.45. The first-order valence-corrected chi connectivity index (χ1v) is 10.1. The van der Waals surface area contributed by atoms with Crippen molar-refractivity contribution in [3.63, 3.8) is 0 Å². The van der Waals surface area contributed by atoms with Gasteiger partial charge in [-0.05, 0) is 82.3 Å². The van der Waals surface area contributed by atoms with Crippen molar-refractivity contribution in [3.05, 3.63) is 0 Å². The topological polar surface area (TPSA) is 40.7 Å². The second-order valence-corrected chi connectivity index (χ2v) is 7.76. The summed E-state index contributed by atoms with van der Waals surface area (Å²) in [4.78, 5) is 8.58. The van der Waals surface area contributed by atoms with Crippen LogP contribution < -0.4 is 0 Å². The summed E-state index contributed by atoms with van der Waals surface area (Å²) in [6.45, 7) is 8.96. The zero-order valence-electron chi connectivity index (χ0n) is 19.5. The van der Waals surface area contributed by atoms with Crippen LogP contribution in [0.1, 0.15) is 12.8 Å². The molecule has 27 heavy (non-hydrogen) atoms. The normalized spacial score (nSPS) is 11.6. The van der Waals surface area contributed by atoms with E-state index in [1.165, 1.54) is 0 Å². The van der Waals surface area contributed by atoms with Gasteiger partial charge in [0.1, 0.15) is 0 Å². The molecule has 0 radical (unpaired) electrons. The standard InChI is InChI=1S/C12H28N2O2.C8H20N2O/c1-13(2)7-5-9-15-11-12-16-10-6-8-14(3)4;1-9(2)5-7-11-8-6-10(3)4/h5-12H2,1-4H3;5-8H2,1-4H3. The van der Waals surface area contributed by atoms with E-state index < -0.39 is 0 Å². The van der Waals surface area contributed by atoms with Crippen LogP contribution in [0.25, 0.3) is 0 Å². The van der Waals surface area contributed by atoms with E-state index in [0.717, 1.165) is 78.7 Å². The van der Waals surface area contributed by atoms with E-state index in [-0.39, 0.29) is 0 Å². The van der Waals surface area contributed by atoms with Gasteiger partial charge < -0.3 is 33.8 Å². The molecule has 0 spiro atoms. The summed E-state index contributed by atoms with van der Waals surface area (Å²) in [6, 6.07) is 0. The Kier molecular flexibility index (Phi) is 23.6. The molecule has 0 heterocycles. The average Bonchev–Trinajstić information content (AvgIpc) is 2.55. The van der Waals surface area contributed by atoms with Gasteiger partial charge in [-0.1, -0.05) is 0 Å². The van der Waals surface area contributed by atoms with Crippen molar-refractivity contribution in [1.82, 2.24) is 19.6 Å². The molecule has 0 aromatic heterocycles.